The van der Waals surface area contributed by atoms with Gasteiger partial charge in [-0.25, -0.2) is 0 Å². The van der Waals surface area contributed by atoms with E-state index in [1.807, 2.05) is 0 Å². The Hall–Kier alpha value is 0.350. The fourth-order valence-corrected chi connectivity index (χ4v) is 4.43. The second-order valence-corrected chi connectivity index (χ2v) is 9.27. The zero-order chi connectivity index (χ0) is 19.0. The van der Waals surface area contributed by atoms with Crippen LogP contribution in [0.5, 0.6) is 0 Å². The minimum Gasteiger partial charge on any atom is -0.157 e. The molecule has 0 fully saturated rings. The molecule has 0 aliphatic rings. The summed E-state index contributed by atoms with van der Waals surface area (Å²) in [5.74, 6) is 3.80. The van der Waals surface area contributed by atoms with E-state index < -0.39 is 0 Å². The van der Waals surface area contributed by atoms with Gasteiger partial charge in [-0.05, 0) is 18.6 Å². The average Bonchev–Trinajstić information content (AvgIpc) is 2.66. The Morgan fingerprint density at radius 3 is 1.19 bits per heavy atom. The Kier molecular flexibility index (Phi) is 25.7. The minimum atomic E-state index is 1.33. The second kappa shape index (κ2) is 25.4. The number of thioether (sulfide) groups is 1. The molecule has 0 amide bonds. The summed E-state index contributed by atoms with van der Waals surface area (Å²) in [7, 11) is 0. The summed E-state index contributed by atoms with van der Waals surface area (Å²) in [5, 5.41) is 0. The van der Waals surface area contributed by atoms with Crippen LogP contribution in [0.2, 0.25) is 0 Å². The number of hydrogen-bond donors (Lipinski definition) is 0. The first-order chi connectivity index (χ1) is 12.9. The molecule has 26 heavy (non-hydrogen) atoms. The SMILES string of the molecule is CCCCCCCCCCCCCCCCCCC[CH]SCCCCC. The molecular formula is C25H51S. The van der Waals surface area contributed by atoms with Gasteiger partial charge in [0.15, 0.2) is 0 Å². The molecule has 0 N–H and O–H groups in total. The smallest absolute Gasteiger partial charge is 0.0166 e. The molecule has 157 valence electrons. The standard InChI is InChI=1S/C25H51S/c1-3-5-7-8-9-10-11-12-13-14-15-16-17-18-19-20-21-23-25-26-24-22-6-4-2/h25H,3-24H2,1-2H3. The van der Waals surface area contributed by atoms with Gasteiger partial charge in [-0.3, -0.25) is 0 Å². The summed E-state index contributed by atoms with van der Waals surface area (Å²) < 4.78 is 0. The number of hydrogen-bond acceptors (Lipinski definition) is 1. The highest BCUT2D eigenvalue weighted by Gasteiger charge is 1.95. The lowest BCUT2D eigenvalue weighted by molar-refractivity contribution is 0.527. The van der Waals surface area contributed by atoms with Crippen molar-refractivity contribution in [3.8, 4) is 0 Å². The number of rotatable bonds is 23. The summed E-state index contributed by atoms with van der Waals surface area (Å²) in [5.41, 5.74) is 0. The van der Waals surface area contributed by atoms with Crippen LogP contribution in [0, 0.1) is 5.75 Å². The fraction of sp³-hybridized carbons (Fsp3) is 0.960. The molecule has 0 nitrogen and oxygen atoms in total. The van der Waals surface area contributed by atoms with Crippen LogP contribution in [0.15, 0.2) is 0 Å². The Morgan fingerprint density at radius 1 is 0.423 bits per heavy atom. The van der Waals surface area contributed by atoms with Crippen molar-refractivity contribution in [1.82, 2.24) is 0 Å². The molecule has 0 saturated heterocycles. The van der Waals surface area contributed by atoms with Crippen molar-refractivity contribution in [3.05, 3.63) is 5.75 Å². The van der Waals surface area contributed by atoms with Crippen molar-refractivity contribution >= 4 is 11.8 Å². The summed E-state index contributed by atoms with van der Waals surface area (Å²) in [6.45, 7) is 4.58. The molecule has 1 radical (unpaired) electrons. The Balaban J connectivity index is 2.95. The first-order valence-corrected chi connectivity index (χ1v) is 13.4. The van der Waals surface area contributed by atoms with Crippen LogP contribution < -0.4 is 0 Å². The van der Waals surface area contributed by atoms with Crippen LogP contribution >= 0.6 is 11.8 Å². The van der Waals surface area contributed by atoms with E-state index in [-0.39, 0.29) is 0 Å². The summed E-state index contributed by atoms with van der Waals surface area (Å²) >= 11 is 2.06. The van der Waals surface area contributed by atoms with Gasteiger partial charge >= 0.3 is 0 Å². The lowest BCUT2D eigenvalue weighted by atomic mass is 10.0. The van der Waals surface area contributed by atoms with Gasteiger partial charge in [0.25, 0.3) is 0 Å². The lowest BCUT2D eigenvalue weighted by Crippen LogP contribution is -1.84. The normalized spacial score (nSPS) is 11.3. The number of unbranched alkanes of at least 4 members (excludes halogenated alkanes) is 19. The first kappa shape index (κ1) is 26.4. The maximum Gasteiger partial charge on any atom is 0.0166 e. The van der Waals surface area contributed by atoms with E-state index in [1.165, 1.54) is 141 Å². The highest BCUT2D eigenvalue weighted by atomic mass is 32.2. The zero-order valence-electron chi connectivity index (χ0n) is 18.5. The summed E-state index contributed by atoms with van der Waals surface area (Å²) in [6, 6.07) is 0. The van der Waals surface area contributed by atoms with Crippen molar-refractivity contribution in [1.29, 1.82) is 0 Å². The van der Waals surface area contributed by atoms with Crippen molar-refractivity contribution < 1.29 is 0 Å². The Morgan fingerprint density at radius 2 is 0.769 bits per heavy atom. The third kappa shape index (κ3) is 24.4. The summed E-state index contributed by atoms with van der Waals surface area (Å²) in [6.07, 6.45) is 30.4. The van der Waals surface area contributed by atoms with Gasteiger partial charge < -0.3 is 0 Å². The highest BCUT2D eigenvalue weighted by molar-refractivity contribution is 8.01. The molecule has 0 spiro atoms. The van der Waals surface area contributed by atoms with E-state index in [0.717, 1.165) is 0 Å². The van der Waals surface area contributed by atoms with Crippen molar-refractivity contribution in [2.75, 3.05) is 5.75 Å². The van der Waals surface area contributed by atoms with Crippen LogP contribution in [0.4, 0.5) is 0 Å². The molecule has 0 rings (SSSR count). The average molecular weight is 384 g/mol. The highest BCUT2D eigenvalue weighted by Crippen LogP contribution is 2.17. The molecule has 0 atom stereocenters. The zero-order valence-corrected chi connectivity index (χ0v) is 19.4. The van der Waals surface area contributed by atoms with E-state index in [0.29, 0.717) is 0 Å². The van der Waals surface area contributed by atoms with Gasteiger partial charge in [0.05, 0.1) is 0 Å². The van der Waals surface area contributed by atoms with E-state index in [1.54, 1.807) is 0 Å². The van der Waals surface area contributed by atoms with Crippen molar-refractivity contribution in [2.45, 2.75) is 149 Å². The largest absolute Gasteiger partial charge is 0.157 e. The molecule has 0 unspecified atom stereocenters. The second-order valence-electron chi connectivity index (χ2n) is 8.19. The van der Waals surface area contributed by atoms with Gasteiger partial charge in [-0.15, -0.1) is 0 Å². The molecule has 0 bridgehead atoms. The monoisotopic (exact) mass is 383 g/mol. The predicted octanol–water partition coefficient (Wildman–Crippen LogP) is 10.1. The minimum absolute atomic E-state index is 1.33. The first-order valence-electron chi connectivity index (χ1n) is 12.3. The maximum atomic E-state index is 2.46. The molecule has 0 aliphatic carbocycles. The topological polar surface area (TPSA) is 0 Å². The van der Waals surface area contributed by atoms with Crippen LogP contribution in [0.3, 0.4) is 0 Å². The van der Waals surface area contributed by atoms with Gasteiger partial charge in [-0.1, -0.05) is 136 Å². The maximum absolute atomic E-state index is 2.46. The van der Waals surface area contributed by atoms with Gasteiger partial charge in [0.2, 0.25) is 0 Å². The quantitative estimate of drug-likeness (QED) is 0.158. The van der Waals surface area contributed by atoms with E-state index in [9.17, 15) is 0 Å². The summed E-state index contributed by atoms with van der Waals surface area (Å²) in [4.78, 5) is 0. The van der Waals surface area contributed by atoms with Crippen LogP contribution in [-0.2, 0) is 0 Å². The molecule has 0 aromatic heterocycles. The van der Waals surface area contributed by atoms with Crippen LogP contribution in [0.1, 0.15) is 149 Å². The third-order valence-corrected chi connectivity index (χ3v) is 6.40. The predicted molar refractivity (Wildman–Crippen MR) is 125 cm³/mol. The third-order valence-electron chi connectivity index (χ3n) is 5.41. The van der Waals surface area contributed by atoms with Crippen molar-refractivity contribution in [3.63, 3.8) is 0 Å². The molecule has 0 saturated carbocycles. The van der Waals surface area contributed by atoms with E-state index >= 15 is 0 Å². The molecule has 0 aliphatic heterocycles. The van der Waals surface area contributed by atoms with Crippen LogP contribution in [-0.4, -0.2) is 5.75 Å². The molecule has 1 heteroatoms. The van der Waals surface area contributed by atoms with Crippen LogP contribution in [0.25, 0.3) is 0 Å². The molecule has 0 aromatic rings. The molecule has 0 aromatic carbocycles. The van der Waals surface area contributed by atoms with Gasteiger partial charge in [0, 0.05) is 5.75 Å². The van der Waals surface area contributed by atoms with Gasteiger partial charge in [0.1, 0.15) is 0 Å². The van der Waals surface area contributed by atoms with Crippen molar-refractivity contribution in [2.24, 2.45) is 0 Å². The van der Waals surface area contributed by atoms with E-state index in [2.05, 4.69) is 31.4 Å². The lowest BCUT2D eigenvalue weighted by Gasteiger charge is -2.04. The Bertz CT molecular complexity index is 202. The van der Waals surface area contributed by atoms with E-state index in [4.69, 9.17) is 0 Å². The van der Waals surface area contributed by atoms with Gasteiger partial charge in [-0.2, -0.15) is 11.8 Å². The fourth-order valence-electron chi connectivity index (χ4n) is 3.55. The Labute approximate surface area is 172 Å². The molecule has 0 heterocycles. The molecular weight excluding hydrogens is 332 g/mol.